The maximum Gasteiger partial charge on any atom is 0.416 e. The summed E-state index contributed by atoms with van der Waals surface area (Å²) in [5.74, 6) is -12.7. The smallest absolute Gasteiger partial charge is 0.368 e. The first-order chi connectivity index (χ1) is 20.2. The van der Waals surface area contributed by atoms with Crippen LogP contribution in [0.4, 0.5) is 40.8 Å². The van der Waals surface area contributed by atoms with Crippen LogP contribution in [0.2, 0.25) is 0 Å². The van der Waals surface area contributed by atoms with Crippen molar-refractivity contribution in [2.24, 2.45) is 0 Å². The first-order valence-corrected chi connectivity index (χ1v) is 15.2. The lowest BCUT2D eigenvalue weighted by molar-refractivity contribution is -0.137. The first kappa shape index (κ1) is 31.1. The Labute approximate surface area is 244 Å². The van der Waals surface area contributed by atoms with Gasteiger partial charge in [-0.25, -0.2) is 35.4 Å². The molecule has 0 radical (unpaired) electrons. The van der Waals surface area contributed by atoms with E-state index in [0.717, 1.165) is 23.5 Å². The van der Waals surface area contributed by atoms with Crippen LogP contribution in [0.1, 0.15) is 39.8 Å². The second kappa shape index (κ2) is 11.6. The molecule has 7 nitrogen and oxygen atoms in total. The maximum atomic E-state index is 14.2. The summed E-state index contributed by atoms with van der Waals surface area (Å²) in [6.07, 6.45) is -4.24. The number of anilines is 1. The molecular formula is C26H22F8N4O3S2. The largest absolute Gasteiger partial charge is 0.416 e. The summed E-state index contributed by atoms with van der Waals surface area (Å²) in [6, 6.07) is 4.94. The van der Waals surface area contributed by atoms with Gasteiger partial charge in [0.05, 0.1) is 10.6 Å². The van der Waals surface area contributed by atoms with Gasteiger partial charge in [-0.15, -0.1) is 11.3 Å². The number of carbonyl (C=O) groups excluding carboxylic acids is 1. The Bertz CT molecular complexity index is 1620. The van der Waals surface area contributed by atoms with Gasteiger partial charge in [-0.1, -0.05) is 6.07 Å². The monoisotopic (exact) mass is 654 g/mol. The van der Waals surface area contributed by atoms with Crippen molar-refractivity contribution in [3.05, 3.63) is 75.0 Å². The Balaban J connectivity index is 1.20. The van der Waals surface area contributed by atoms with Crippen molar-refractivity contribution < 1.29 is 48.3 Å². The fourth-order valence-electron chi connectivity index (χ4n) is 5.07. The lowest BCUT2D eigenvalue weighted by Gasteiger charge is -2.36. The van der Waals surface area contributed by atoms with Gasteiger partial charge in [0.1, 0.15) is 5.69 Å². The highest BCUT2D eigenvalue weighted by Crippen LogP contribution is 2.36. The number of piperidine rings is 1. The SMILES string of the molecule is O=C(c1csc(C2CCN(S(=O)(=O)c3c(F)c(F)c(F)c(F)c3F)CC2)n1)N1CCN(c2cccc(C(F)(F)F)c2)CC1. The summed E-state index contributed by atoms with van der Waals surface area (Å²) in [5.41, 5.74) is -0.227. The van der Waals surface area contributed by atoms with Crippen LogP contribution in [0.25, 0.3) is 0 Å². The third kappa shape index (κ3) is 5.93. The highest BCUT2D eigenvalue weighted by Gasteiger charge is 2.39. The molecule has 2 saturated heterocycles. The van der Waals surface area contributed by atoms with Gasteiger partial charge in [0.25, 0.3) is 5.91 Å². The fourth-order valence-corrected chi connectivity index (χ4v) is 7.61. The van der Waals surface area contributed by atoms with Crippen LogP contribution in [0.5, 0.6) is 0 Å². The Morgan fingerprint density at radius 3 is 2.02 bits per heavy atom. The van der Waals surface area contributed by atoms with E-state index in [0.29, 0.717) is 28.1 Å². The van der Waals surface area contributed by atoms with Crippen LogP contribution in [0, 0.1) is 29.1 Å². The van der Waals surface area contributed by atoms with E-state index in [4.69, 9.17) is 0 Å². The lowest BCUT2D eigenvalue weighted by atomic mass is 9.99. The zero-order valence-corrected chi connectivity index (χ0v) is 23.6. The number of amides is 1. The summed E-state index contributed by atoms with van der Waals surface area (Å²) in [6.45, 7) is 0.533. The molecule has 2 fully saturated rings. The molecule has 0 saturated carbocycles. The molecule has 17 heteroatoms. The fraction of sp³-hybridized carbons (Fsp3) is 0.385. The van der Waals surface area contributed by atoms with Gasteiger partial charge < -0.3 is 9.80 Å². The van der Waals surface area contributed by atoms with Gasteiger partial charge in [-0.05, 0) is 31.0 Å². The molecule has 0 spiro atoms. The number of benzene rings is 2. The Hall–Kier alpha value is -3.31. The van der Waals surface area contributed by atoms with Crippen molar-refractivity contribution in [1.29, 1.82) is 0 Å². The van der Waals surface area contributed by atoms with Gasteiger partial charge in [-0.3, -0.25) is 4.79 Å². The molecule has 0 bridgehead atoms. The Morgan fingerprint density at radius 2 is 1.44 bits per heavy atom. The highest BCUT2D eigenvalue weighted by atomic mass is 32.2. The molecule has 2 aliphatic rings. The standard InChI is InChI=1S/C26H22F8N4O3S2/c27-18-19(28)21(30)23(22(31)20(18)29)43(40,41)38-6-4-14(5-7-38)24-35-17(13-42-24)25(39)37-10-8-36(9-11-37)16-3-1-2-15(12-16)26(32,33)34/h1-3,12-14H,4-11H2. The summed E-state index contributed by atoms with van der Waals surface area (Å²) in [7, 11) is -5.05. The zero-order valence-electron chi connectivity index (χ0n) is 22.0. The van der Waals surface area contributed by atoms with Crippen molar-refractivity contribution in [1.82, 2.24) is 14.2 Å². The quantitative estimate of drug-likeness (QED) is 0.210. The van der Waals surface area contributed by atoms with E-state index < -0.39 is 55.7 Å². The molecule has 3 aromatic rings. The third-order valence-electron chi connectivity index (χ3n) is 7.42. The van der Waals surface area contributed by atoms with E-state index >= 15 is 0 Å². The summed E-state index contributed by atoms with van der Waals surface area (Å²) in [5, 5.41) is 2.05. The van der Waals surface area contributed by atoms with Gasteiger partial charge >= 0.3 is 6.18 Å². The number of thiazole rings is 1. The van der Waals surface area contributed by atoms with Crippen LogP contribution in [-0.2, 0) is 16.2 Å². The molecule has 5 rings (SSSR count). The number of nitrogens with zero attached hydrogens (tertiary/aromatic N) is 4. The molecule has 1 amide bonds. The van der Waals surface area contributed by atoms with Gasteiger partial charge in [0, 0.05) is 56.3 Å². The summed E-state index contributed by atoms with van der Waals surface area (Å²) in [4.78, 5) is 18.8. The van der Waals surface area contributed by atoms with Gasteiger partial charge in [0.2, 0.25) is 15.8 Å². The minimum atomic E-state index is -5.05. The number of hydrogen-bond donors (Lipinski definition) is 0. The van der Waals surface area contributed by atoms with E-state index in [9.17, 15) is 48.3 Å². The topological polar surface area (TPSA) is 73.8 Å². The molecule has 3 heterocycles. The number of carbonyl (C=O) groups is 1. The van der Waals surface area contributed by atoms with Crippen molar-refractivity contribution in [3.63, 3.8) is 0 Å². The van der Waals surface area contributed by atoms with E-state index in [1.54, 1.807) is 11.0 Å². The molecular weight excluding hydrogens is 632 g/mol. The number of piperazine rings is 1. The van der Waals surface area contributed by atoms with Crippen molar-refractivity contribution in [2.45, 2.75) is 29.8 Å². The average molecular weight is 655 g/mol. The van der Waals surface area contributed by atoms with E-state index in [1.165, 1.54) is 16.3 Å². The van der Waals surface area contributed by atoms with Crippen molar-refractivity contribution >= 4 is 33.0 Å². The van der Waals surface area contributed by atoms with Gasteiger partial charge in [-0.2, -0.15) is 17.5 Å². The van der Waals surface area contributed by atoms with E-state index in [1.807, 2.05) is 0 Å². The Kier molecular flexibility index (Phi) is 8.43. The second-order valence-electron chi connectivity index (χ2n) is 9.98. The average Bonchev–Trinajstić information content (AvgIpc) is 3.49. The Morgan fingerprint density at radius 1 is 0.860 bits per heavy atom. The number of aromatic nitrogens is 1. The van der Waals surface area contributed by atoms with Crippen LogP contribution in [0.3, 0.4) is 0 Å². The summed E-state index contributed by atoms with van der Waals surface area (Å²) >= 11 is 1.16. The predicted octanol–water partition coefficient (Wildman–Crippen LogP) is 5.39. The normalized spacial score (nSPS) is 17.5. The summed E-state index contributed by atoms with van der Waals surface area (Å²) < 4.78 is 134. The van der Waals surface area contributed by atoms with Crippen molar-refractivity contribution in [3.8, 4) is 0 Å². The molecule has 0 atom stereocenters. The van der Waals surface area contributed by atoms with E-state index in [-0.39, 0.29) is 56.5 Å². The van der Waals surface area contributed by atoms with Crippen LogP contribution in [-0.4, -0.2) is 67.8 Å². The molecule has 43 heavy (non-hydrogen) atoms. The molecule has 232 valence electrons. The van der Waals surface area contributed by atoms with Crippen LogP contribution in [0.15, 0.2) is 34.5 Å². The van der Waals surface area contributed by atoms with E-state index in [2.05, 4.69) is 4.98 Å². The minimum Gasteiger partial charge on any atom is -0.368 e. The first-order valence-electron chi connectivity index (χ1n) is 12.9. The second-order valence-corrected chi connectivity index (χ2v) is 12.7. The zero-order chi connectivity index (χ0) is 31.3. The molecule has 1 aromatic heterocycles. The number of alkyl halides is 3. The molecule has 2 aromatic carbocycles. The number of hydrogen-bond acceptors (Lipinski definition) is 6. The molecule has 0 N–H and O–H groups in total. The van der Waals surface area contributed by atoms with Gasteiger partial charge in [0.15, 0.2) is 28.2 Å². The molecule has 0 aliphatic carbocycles. The van der Waals surface area contributed by atoms with Crippen LogP contribution < -0.4 is 4.90 Å². The minimum absolute atomic E-state index is 0.117. The number of rotatable bonds is 5. The molecule has 0 unspecified atom stereocenters. The molecule has 2 aliphatic heterocycles. The predicted molar refractivity (Wildman–Crippen MR) is 139 cm³/mol. The number of sulfonamides is 1. The third-order valence-corrected chi connectivity index (χ3v) is 10.3. The number of halogens is 8. The lowest BCUT2D eigenvalue weighted by Crippen LogP contribution is -2.49. The highest BCUT2D eigenvalue weighted by molar-refractivity contribution is 7.89. The van der Waals surface area contributed by atoms with Crippen molar-refractivity contribution in [2.75, 3.05) is 44.2 Å². The maximum absolute atomic E-state index is 14.2. The van der Waals surface area contributed by atoms with Crippen LogP contribution >= 0.6 is 11.3 Å².